The predicted molar refractivity (Wildman–Crippen MR) is 54.9 cm³/mol. The third kappa shape index (κ3) is 2.66. The Morgan fingerprint density at radius 2 is 2.17 bits per heavy atom. The van der Waals surface area contributed by atoms with Gasteiger partial charge in [0, 0.05) is 0 Å². The Bertz CT molecular complexity index is 165. The van der Waals surface area contributed by atoms with Crippen LogP contribution in [-0.2, 0) is 0 Å². The molecule has 0 saturated carbocycles. The van der Waals surface area contributed by atoms with E-state index < -0.39 is 0 Å². The zero-order chi connectivity index (χ0) is 9.14. The van der Waals surface area contributed by atoms with E-state index in [0.29, 0.717) is 0 Å². The maximum atomic E-state index is 2.46. The first-order valence-corrected chi connectivity index (χ1v) is 5.06. The molecule has 1 aliphatic carbocycles. The molecule has 0 N–H and O–H groups in total. The first kappa shape index (κ1) is 9.83. The molecule has 0 spiro atoms. The quantitative estimate of drug-likeness (QED) is 0.543. The lowest BCUT2D eigenvalue weighted by Gasteiger charge is -2.28. The van der Waals surface area contributed by atoms with E-state index in [9.17, 15) is 0 Å². The van der Waals surface area contributed by atoms with Crippen molar-refractivity contribution in [2.24, 2.45) is 11.8 Å². The monoisotopic (exact) mass is 165 g/mol. The van der Waals surface area contributed by atoms with Gasteiger partial charge in [-0.2, -0.15) is 0 Å². The van der Waals surface area contributed by atoms with Crippen LogP contribution >= 0.6 is 0 Å². The first-order chi connectivity index (χ1) is 5.59. The zero-order valence-corrected chi connectivity index (χ0v) is 8.85. The van der Waals surface area contributed by atoms with Crippen LogP contribution in [0.3, 0.4) is 0 Å². The highest BCUT2D eigenvalue weighted by molar-refractivity contribution is 5.07. The summed E-state index contributed by atoms with van der Waals surface area (Å²) in [6.07, 6.45) is 6.50. The van der Waals surface area contributed by atoms with Crippen LogP contribution in [0.2, 0.25) is 0 Å². The fourth-order valence-electron chi connectivity index (χ4n) is 2.16. The predicted octanol–water partition coefficient (Wildman–Crippen LogP) is 3.98. The molecular formula is C12H21. The molecule has 0 heterocycles. The van der Waals surface area contributed by atoms with Crippen molar-refractivity contribution in [2.45, 2.75) is 47.0 Å². The summed E-state index contributed by atoms with van der Waals surface area (Å²) in [7, 11) is 0. The van der Waals surface area contributed by atoms with Crippen molar-refractivity contribution in [2.75, 3.05) is 0 Å². The minimum absolute atomic E-state index is 0.800. The van der Waals surface area contributed by atoms with Crippen LogP contribution in [0, 0.1) is 17.8 Å². The Hall–Kier alpha value is -0.260. The fraction of sp³-hybridized carbons (Fsp3) is 0.750. The summed E-state index contributed by atoms with van der Waals surface area (Å²) in [6, 6.07) is 0. The normalized spacial score (nSPS) is 30.6. The molecule has 0 amide bonds. The van der Waals surface area contributed by atoms with Crippen LogP contribution in [0.4, 0.5) is 0 Å². The van der Waals surface area contributed by atoms with Gasteiger partial charge in [0.05, 0.1) is 0 Å². The fourth-order valence-corrected chi connectivity index (χ4v) is 2.16. The van der Waals surface area contributed by atoms with E-state index in [2.05, 4.69) is 33.8 Å². The summed E-state index contributed by atoms with van der Waals surface area (Å²) in [4.78, 5) is 0. The van der Waals surface area contributed by atoms with E-state index in [1.54, 1.807) is 11.5 Å². The number of rotatable bonds is 2. The lowest BCUT2D eigenvalue weighted by molar-refractivity contribution is 0.354. The summed E-state index contributed by atoms with van der Waals surface area (Å²) in [6.45, 7) is 9.11. The summed E-state index contributed by atoms with van der Waals surface area (Å²) in [5, 5.41) is 0. The Morgan fingerprint density at radius 3 is 2.67 bits per heavy atom. The molecule has 0 bridgehead atoms. The van der Waals surface area contributed by atoms with Crippen molar-refractivity contribution >= 4 is 0 Å². The maximum Gasteiger partial charge on any atom is -0.0231 e. The summed E-state index contributed by atoms with van der Waals surface area (Å²) >= 11 is 0. The first-order valence-electron chi connectivity index (χ1n) is 5.06. The smallest absolute Gasteiger partial charge is 0.0231 e. The van der Waals surface area contributed by atoms with Gasteiger partial charge in [-0.25, -0.2) is 0 Å². The van der Waals surface area contributed by atoms with Crippen molar-refractivity contribution in [3.8, 4) is 0 Å². The van der Waals surface area contributed by atoms with Gasteiger partial charge >= 0.3 is 0 Å². The van der Waals surface area contributed by atoms with E-state index in [-0.39, 0.29) is 0 Å². The van der Waals surface area contributed by atoms with Crippen LogP contribution < -0.4 is 0 Å². The lowest BCUT2D eigenvalue weighted by atomic mass is 9.78. The second kappa shape index (κ2) is 4.11. The second-order valence-corrected chi connectivity index (χ2v) is 4.58. The maximum absolute atomic E-state index is 2.46. The molecule has 0 aromatic heterocycles. The van der Waals surface area contributed by atoms with Crippen LogP contribution in [0.1, 0.15) is 47.0 Å². The minimum Gasteiger partial charge on any atom is -0.0825 e. The average molecular weight is 165 g/mol. The zero-order valence-electron chi connectivity index (χ0n) is 8.85. The molecule has 0 heteroatoms. The van der Waals surface area contributed by atoms with Gasteiger partial charge < -0.3 is 0 Å². The molecule has 0 aromatic rings. The van der Waals surface area contributed by atoms with Crippen molar-refractivity contribution in [3.05, 3.63) is 17.6 Å². The minimum atomic E-state index is 0.800. The molecule has 0 aromatic carbocycles. The molecule has 0 fully saturated rings. The number of allylic oxidation sites excluding steroid dienone is 2. The van der Waals surface area contributed by atoms with E-state index in [1.807, 2.05) is 0 Å². The van der Waals surface area contributed by atoms with E-state index in [4.69, 9.17) is 0 Å². The van der Waals surface area contributed by atoms with Gasteiger partial charge in [-0.3, -0.25) is 0 Å². The van der Waals surface area contributed by atoms with Crippen molar-refractivity contribution in [1.82, 2.24) is 0 Å². The molecule has 2 atom stereocenters. The van der Waals surface area contributed by atoms with E-state index >= 15 is 0 Å². The molecule has 2 unspecified atom stereocenters. The third-order valence-corrected chi connectivity index (χ3v) is 2.87. The van der Waals surface area contributed by atoms with Crippen LogP contribution in [0.25, 0.3) is 0 Å². The Morgan fingerprint density at radius 1 is 1.50 bits per heavy atom. The van der Waals surface area contributed by atoms with Gasteiger partial charge in [-0.15, -0.1) is 0 Å². The number of hydrogen-bond donors (Lipinski definition) is 0. The van der Waals surface area contributed by atoms with Crippen molar-refractivity contribution in [3.63, 3.8) is 0 Å². The van der Waals surface area contributed by atoms with Crippen LogP contribution in [0.15, 0.2) is 11.6 Å². The van der Waals surface area contributed by atoms with Crippen LogP contribution in [0.5, 0.6) is 0 Å². The van der Waals surface area contributed by atoms with Gasteiger partial charge in [-0.05, 0) is 43.9 Å². The molecule has 12 heavy (non-hydrogen) atoms. The molecule has 0 aliphatic heterocycles. The molecule has 0 saturated heterocycles. The Labute approximate surface area is 77.1 Å². The van der Waals surface area contributed by atoms with Gasteiger partial charge in [0.15, 0.2) is 0 Å². The summed E-state index contributed by atoms with van der Waals surface area (Å²) in [5.41, 5.74) is 1.59. The van der Waals surface area contributed by atoms with E-state index in [0.717, 1.165) is 11.8 Å². The highest BCUT2D eigenvalue weighted by Crippen LogP contribution is 2.33. The molecule has 0 nitrogen and oxygen atoms in total. The largest absolute Gasteiger partial charge is 0.0825 e. The number of hydrogen-bond acceptors (Lipinski definition) is 0. The molecule has 1 aliphatic rings. The third-order valence-electron chi connectivity index (χ3n) is 2.87. The second-order valence-electron chi connectivity index (χ2n) is 4.58. The molecule has 1 radical (unpaired) electrons. The summed E-state index contributed by atoms with van der Waals surface area (Å²) < 4.78 is 0. The lowest BCUT2D eigenvalue weighted by Crippen LogP contribution is -2.16. The highest BCUT2D eigenvalue weighted by Gasteiger charge is 2.20. The molecule has 69 valence electrons. The Balaban J connectivity index is 2.47. The van der Waals surface area contributed by atoms with Crippen molar-refractivity contribution in [1.29, 1.82) is 0 Å². The molecular weight excluding hydrogens is 144 g/mol. The van der Waals surface area contributed by atoms with Gasteiger partial charge in [0.2, 0.25) is 0 Å². The standard InChI is InChI=1S/C12H21/c1-9(2)7-12-6-5-10(3)8-11(12)4/h8,11-12H,5-7H2,1-4H3. The van der Waals surface area contributed by atoms with Crippen molar-refractivity contribution < 1.29 is 0 Å². The SMILES string of the molecule is C[C](C)CC1CCC(C)=CC1C. The highest BCUT2D eigenvalue weighted by atomic mass is 14.3. The average Bonchev–Trinajstić information content (AvgIpc) is 1.94. The topological polar surface area (TPSA) is 0 Å². The summed E-state index contributed by atoms with van der Waals surface area (Å²) in [5.74, 6) is 3.30. The van der Waals surface area contributed by atoms with Crippen LogP contribution in [-0.4, -0.2) is 0 Å². The molecule has 1 rings (SSSR count). The van der Waals surface area contributed by atoms with Gasteiger partial charge in [0.1, 0.15) is 0 Å². The van der Waals surface area contributed by atoms with Gasteiger partial charge in [-0.1, -0.05) is 32.4 Å². The van der Waals surface area contributed by atoms with Gasteiger partial charge in [0.25, 0.3) is 0 Å². The Kier molecular flexibility index (Phi) is 3.37. The van der Waals surface area contributed by atoms with E-state index in [1.165, 1.54) is 19.3 Å².